The van der Waals surface area contributed by atoms with Gasteiger partial charge in [0.1, 0.15) is 11.5 Å². The number of ether oxygens (including phenoxy) is 1. The minimum Gasteiger partial charge on any atom is -0.507 e. The third-order valence-electron chi connectivity index (χ3n) is 5.08. The Morgan fingerprint density at radius 1 is 1.35 bits per heavy atom. The maximum Gasteiger partial charge on any atom is 0.251 e. The number of hydrogen-bond acceptors (Lipinski definition) is 4. The number of aromatic hydroxyl groups is 1. The molecule has 31 heavy (non-hydrogen) atoms. The first-order valence-corrected chi connectivity index (χ1v) is 13.5. The normalized spacial score (nSPS) is 16.2. The van der Waals surface area contributed by atoms with Crippen LogP contribution in [-0.4, -0.2) is 28.5 Å². The molecule has 3 nitrogen and oxygen atoms in total. The van der Waals surface area contributed by atoms with Crippen molar-refractivity contribution in [3.63, 3.8) is 0 Å². The number of thioether (sulfide) groups is 1. The highest BCUT2D eigenvalue weighted by atomic mass is 79.9. The van der Waals surface area contributed by atoms with Crippen LogP contribution in [0, 0.1) is 0 Å². The number of phenols is 1. The maximum atomic E-state index is 10.9. The maximum absolute atomic E-state index is 10.9. The first-order valence-electron chi connectivity index (χ1n) is 11.4. The van der Waals surface area contributed by atoms with Crippen LogP contribution in [0.25, 0.3) is 0 Å². The first-order chi connectivity index (χ1) is 15.0. The zero-order valence-electron chi connectivity index (χ0n) is 19.8. The lowest BCUT2D eigenvalue weighted by Crippen LogP contribution is -2.10. The Morgan fingerprint density at radius 3 is 2.71 bits per heavy atom. The van der Waals surface area contributed by atoms with E-state index in [4.69, 9.17) is 4.74 Å². The summed E-state index contributed by atoms with van der Waals surface area (Å²) in [4.78, 5) is 4.34. The number of benzene rings is 1. The molecular formula is C26H40BrNO2S. The van der Waals surface area contributed by atoms with Gasteiger partial charge in [-0.1, -0.05) is 65.2 Å². The van der Waals surface area contributed by atoms with Gasteiger partial charge < -0.3 is 9.84 Å². The molecule has 1 aliphatic rings. The van der Waals surface area contributed by atoms with Crippen molar-refractivity contribution in [2.45, 2.75) is 78.1 Å². The second kappa shape index (κ2) is 16.4. The topological polar surface area (TPSA) is 41.8 Å². The number of aliphatic imine (C=N–C) groups is 1. The average molecular weight is 511 g/mol. The summed E-state index contributed by atoms with van der Waals surface area (Å²) in [6.07, 6.45) is 12.9. The molecule has 0 saturated heterocycles. The van der Waals surface area contributed by atoms with E-state index in [1.807, 2.05) is 13.0 Å². The van der Waals surface area contributed by atoms with E-state index in [1.165, 1.54) is 18.4 Å². The van der Waals surface area contributed by atoms with Gasteiger partial charge in [0.15, 0.2) is 0 Å². The van der Waals surface area contributed by atoms with E-state index in [0.717, 1.165) is 66.5 Å². The molecule has 0 aromatic heterocycles. The minimum absolute atomic E-state index is 0.207. The van der Waals surface area contributed by atoms with Gasteiger partial charge in [-0.2, -0.15) is 0 Å². The molecule has 5 heteroatoms. The summed E-state index contributed by atoms with van der Waals surface area (Å²) in [5, 5.41) is 12.5. The van der Waals surface area contributed by atoms with Crippen LogP contribution in [0.5, 0.6) is 11.5 Å². The fourth-order valence-electron chi connectivity index (χ4n) is 3.63. The molecule has 174 valence electrons. The van der Waals surface area contributed by atoms with Gasteiger partial charge in [0.2, 0.25) is 0 Å². The fourth-order valence-corrected chi connectivity index (χ4v) is 5.03. The Labute approximate surface area is 202 Å². The summed E-state index contributed by atoms with van der Waals surface area (Å²) in [7, 11) is 1.77. The molecule has 1 aromatic carbocycles. The highest BCUT2D eigenvalue weighted by molar-refractivity contribution is 9.09. The van der Waals surface area contributed by atoms with Gasteiger partial charge in [0.05, 0.1) is 0 Å². The van der Waals surface area contributed by atoms with Crippen molar-refractivity contribution in [3.05, 3.63) is 47.6 Å². The van der Waals surface area contributed by atoms with Crippen LogP contribution >= 0.6 is 27.7 Å². The van der Waals surface area contributed by atoms with Gasteiger partial charge in [-0.25, -0.2) is 4.99 Å². The number of allylic oxidation sites excluding steroid dienone is 3. The number of rotatable bonds is 9. The zero-order chi connectivity index (χ0) is 23.1. The standard InChI is InChI=1S/C23H34BrNO2S.C3H6/c1-4-5-6-10-18-15-20(26)22(19-11-7-9-17(2)14-19)21(16-18)27-23(25-3)28-13-8-12-24;1-3-2/h14-16,19,26H,4-13H2,1-3H3;3H,1H2,2H3. The molecule has 0 aliphatic heterocycles. The predicted octanol–water partition coefficient (Wildman–Crippen LogP) is 8.41. The number of phenolic OH excluding ortho intramolecular Hbond substituents is 1. The Hall–Kier alpha value is -1.20. The van der Waals surface area contributed by atoms with Gasteiger partial charge in [-0.05, 0) is 70.1 Å². The third kappa shape index (κ3) is 10.3. The van der Waals surface area contributed by atoms with Crippen molar-refractivity contribution in [3.8, 4) is 11.5 Å². The van der Waals surface area contributed by atoms with Crippen LogP contribution in [0.15, 0.2) is 41.4 Å². The van der Waals surface area contributed by atoms with E-state index in [2.05, 4.69) is 53.5 Å². The number of hydrogen-bond donors (Lipinski definition) is 1. The molecule has 0 heterocycles. The fraction of sp³-hybridized carbons (Fsp3) is 0.577. The molecule has 0 bridgehead atoms. The lowest BCUT2D eigenvalue weighted by Gasteiger charge is -2.24. The third-order valence-corrected chi connectivity index (χ3v) is 6.64. The quantitative estimate of drug-likeness (QED) is 0.119. The summed E-state index contributed by atoms with van der Waals surface area (Å²) in [5.41, 5.74) is 3.45. The summed E-state index contributed by atoms with van der Waals surface area (Å²) in [6.45, 7) is 9.64. The minimum atomic E-state index is 0.207. The number of nitrogens with zero attached hydrogens (tertiary/aromatic N) is 1. The van der Waals surface area contributed by atoms with E-state index in [9.17, 15) is 5.11 Å². The lowest BCUT2D eigenvalue weighted by molar-refractivity contribution is 0.449. The highest BCUT2D eigenvalue weighted by Gasteiger charge is 2.23. The smallest absolute Gasteiger partial charge is 0.251 e. The SMILES string of the molecule is C=CC.CCCCCc1cc(O)c(C2C=C(C)CCC2)c(OC(=NC)SCCCBr)c1. The van der Waals surface area contributed by atoms with Gasteiger partial charge >= 0.3 is 0 Å². The van der Waals surface area contributed by atoms with Crippen LogP contribution < -0.4 is 4.74 Å². The molecule has 1 atom stereocenters. The molecule has 0 radical (unpaired) electrons. The largest absolute Gasteiger partial charge is 0.507 e. The highest BCUT2D eigenvalue weighted by Crippen LogP contribution is 2.42. The van der Waals surface area contributed by atoms with Gasteiger partial charge in [-0.3, -0.25) is 0 Å². The van der Waals surface area contributed by atoms with Crippen molar-refractivity contribution >= 4 is 32.9 Å². The molecule has 1 aromatic rings. The van der Waals surface area contributed by atoms with Gasteiger partial charge in [0.25, 0.3) is 5.23 Å². The van der Waals surface area contributed by atoms with Crippen molar-refractivity contribution in [1.82, 2.24) is 0 Å². The molecular weight excluding hydrogens is 470 g/mol. The number of aryl methyl sites for hydroxylation is 1. The van der Waals surface area contributed by atoms with E-state index >= 15 is 0 Å². The Balaban J connectivity index is 0.00000151. The molecule has 0 fully saturated rings. The van der Waals surface area contributed by atoms with Crippen LogP contribution in [0.2, 0.25) is 0 Å². The zero-order valence-corrected chi connectivity index (χ0v) is 22.2. The number of halogens is 1. The van der Waals surface area contributed by atoms with Crippen molar-refractivity contribution in [2.24, 2.45) is 4.99 Å². The molecule has 0 amide bonds. The monoisotopic (exact) mass is 509 g/mol. The summed E-state index contributed by atoms with van der Waals surface area (Å²) in [6, 6.07) is 4.06. The van der Waals surface area contributed by atoms with Crippen molar-refractivity contribution in [1.29, 1.82) is 0 Å². The van der Waals surface area contributed by atoms with Gasteiger partial charge in [0, 0.05) is 29.6 Å². The van der Waals surface area contributed by atoms with Crippen LogP contribution in [0.4, 0.5) is 0 Å². The van der Waals surface area contributed by atoms with Crippen molar-refractivity contribution < 1.29 is 9.84 Å². The molecule has 2 rings (SSSR count). The predicted molar refractivity (Wildman–Crippen MR) is 142 cm³/mol. The summed E-state index contributed by atoms with van der Waals surface area (Å²) < 4.78 is 6.27. The average Bonchev–Trinajstić information content (AvgIpc) is 2.73. The van der Waals surface area contributed by atoms with Crippen LogP contribution in [-0.2, 0) is 6.42 Å². The lowest BCUT2D eigenvalue weighted by atomic mass is 9.84. The second-order valence-electron chi connectivity index (χ2n) is 7.89. The Bertz CT molecular complexity index is 730. The van der Waals surface area contributed by atoms with Crippen LogP contribution in [0.1, 0.15) is 82.8 Å². The molecule has 1 N–H and O–H groups in total. The van der Waals surface area contributed by atoms with Crippen LogP contribution in [0.3, 0.4) is 0 Å². The summed E-state index contributed by atoms with van der Waals surface area (Å²) >= 11 is 5.10. The molecule has 1 aliphatic carbocycles. The molecule has 1 unspecified atom stereocenters. The number of unbranched alkanes of at least 4 members (excludes halogenated alkanes) is 2. The Kier molecular flexibility index (Phi) is 14.8. The Morgan fingerprint density at radius 2 is 2.10 bits per heavy atom. The molecule has 0 spiro atoms. The number of alkyl halides is 1. The second-order valence-corrected chi connectivity index (χ2v) is 9.73. The summed E-state index contributed by atoms with van der Waals surface area (Å²) in [5.74, 6) is 2.30. The first kappa shape index (κ1) is 27.8. The van der Waals surface area contributed by atoms with E-state index in [0.29, 0.717) is 11.0 Å². The van der Waals surface area contributed by atoms with E-state index in [-0.39, 0.29) is 5.92 Å². The molecule has 0 saturated carbocycles. The van der Waals surface area contributed by atoms with Gasteiger partial charge in [-0.15, -0.1) is 6.58 Å². The van der Waals surface area contributed by atoms with E-state index in [1.54, 1.807) is 24.9 Å². The van der Waals surface area contributed by atoms with Crippen molar-refractivity contribution in [2.75, 3.05) is 18.1 Å². The van der Waals surface area contributed by atoms with E-state index < -0.39 is 0 Å².